The van der Waals surface area contributed by atoms with Gasteiger partial charge in [0.05, 0.1) is 18.7 Å². The number of halogens is 1. The molecule has 4 atom stereocenters. The van der Waals surface area contributed by atoms with Gasteiger partial charge < -0.3 is 9.84 Å². The molecule has 0 aromatic heterocycles. The first-order valence-corrected chi connectivity index (χ1v) is 5.61. The maximum atomic E-state index is 13.5. The highest BCUT2D eigenvalue weighted by atomic mass is 19.1. The van der Waals surface area contributed by atoms with E-state index in [1.165, 1.54) is 4.90 Å². The highest BCUT2D eigenvalue weighted by molar-refractivity contribution is 5.70. The quantitative estimate of drug-likeness (QED) is 0.740. The minimum atomic E-state index is -0.996. The van der Waals surface area contributed by atoms with E-state index in [-0.39, 0.29) is 12.5 Å². The molecule has 4 nitrogen and oxygen atoms in total. The zero-order valence-electron chi connectivity index (χ0n) is 9.81. The molecule has 0 spiro atoms. The molecule has 1 saturated carbocycles. The summed E-state index contributed by atoms with van der Waals surface area (Å²) in [5, 5.41) is 9.18. The zero-order valence-corrected chi connectivity index (χ0v) is 9.81. The van der Waals surface area contributed by atoms with E-state index in [0.29, 0.717) is 6.42 Å². The Balaban J connectivity index is 2.07. The molecule has 0 unspecified atom stereocenters. The van der Waals surface area contributed by atoms with E-state index in [2.05, 4.69) is 0 Å². The zero-order chi connectivity index (χ0) is 12.1. The van der Waals surface area contributed by atoms with Crippen LogP contribution in [0, 0.1) is 5.92 Å². The first-order valence-electron chi connectivity index (χ1n) is 5.61. The van der Waals surface area contributed by atoms with Crippen LogP contribution < -0.4 is 0 Å². The molecule has 0 aromatic rings. The Morgan fingerprint density at radius 1 is 1.56 bits per heavy atom. The van der Waals surface area contributed by atoms with Crippen LogP contribution in [-0.2, 0) is 4.74 Å². The van der Waals surface area contributed by atoms with Crippen molar-refractivity contribution in [3.05, 3.63) is 0 Å². The second kappa shape index (κ2) is 3.58. The summed E-state index contributed by atoms with van der Waals surface area (Å²) in [6.07, 6.45) is -0.866. The molecule has 3 rings (SSSR count). The third-order valence-corrected chi connectivity index (χ3v) is 3.29. The van der Waals surface area contributed by atoms with Gasteiger partial charge in [0, 0.05) is 5.92 Å². The number of rotatable bonds is 1. The lowest BCUT2D eigenvalue weighted by molar-refractivity contribution is 0.0103. The molecule has 0 aromatic carbocycles. The lowest BCUT2D eigenvalue weighted by Crippen LogP contribution is -2.45. The van der Waals surface area contributed by atoms with Crippen LogP contribution in [-0.4, -0.2) is 46.6 Å². The molecule has 2 aliphatic heterocycles. The van der Waals surface area contributed by atoms with Gasteiger partial charge in [-0.15, -0.1) is 0 Å². The normalized spacial score (nSPS) is 37.2. The maximum Gasteiger partial charge on any atom is 0.410 e. The predicted molar refractivity (Wildman–Crippen MR) is 55.7 cm³/mol. The first-order chi connectivity index (χ1) is 7.35. The van der Waals surface area contributed by atoms with Crippen molar-refractivity contribution in [2.24, 2.45) is 5.92 Å². The lowest BCUT2D eigenvalue weighted by Gasteiger charge is -2.31. The lowest BCUT2D eigenvalue weighted by atomic mass is 9.81. The minimum Gasteiger partial charge on any atom is -0.444 e. The van der Waals surface area contributed by atoms with Gasteiger partial charge in [0.2, 0.25) is 0 Å². The van der Waals surface area contributed by atoms with Crippen molar-refractivity contribution in [3.63, 3.8) is 0 Å². The van der Waals surface area contributed by atoms with Gasteiger partial charge in [-0.1, -0.05) is 0 Å². The van der Waals surface area contributed by atoms with Crippen molar-refractivity contribution < 1.29 is 19.0 Å². The highest BCUT2D eigenvalue weighted by Gasteiger charge is 2.61. The van der Waals surface area contributed by atoms with Crippen LogP contribution in [0.4, 0.5) is 9.18 Å². The number of amides is 1. The first kappa shape index (κ1) is 11.6. The third kappa shape index (κ3) is 1.67. The predicted octanol–water partition coefficient (Wildman–Crippen LogP) is 1.32. The number of carbonyl (C=O) groups is 1. The van der Waals surface area contributed by atoms with Crippen molar-refractivity contribution in [2.75, 3.05) is 6.61 Å². The summed E-state index contributed by atoms with van der Waals surface area (Å²) in [7, 11) is 0. The molecule has 3 aliphatic rings. The number of alkyl halides is 1. The molecule has 2 bridgehead atoms. The van der Waals surface area contributed by atoms with E-state index in [0.717, 1.165) is 0 Å². The molecule has 3 fully saturated rings. The maximum absolute atomic E-state index is 13.5. The fraction of sp³-hybridized carbons (Fsp3) is 0.909. The average molecular weight is 231 g/mol. The summed E-state index contributed by atoms with van der Waals surface area (Å²) in [5.41, 5.74) is -0.587. The molecule has 1 aliphatic carbocycles. The Morgan fingerprint density at radius 3 is 2.62 bits per heavy atom. The van der Waals surface area contributed by atoms with Crippen LogP contribution >= 0.6 is 0 Å². The summed E-state index contributed by atoms with van der Waals surface area (Å²) < 4.78 is 18.7. The SMILES string of the molecule is CC(C)(C)OC(=O)N1[C@@H]2C[C@@H]([C@H]2F)[C@@H]1CO. The standard InChI is InChI=1S/C11H18FNO3/c1-11(2,3)16-10(15)13-7-4-6(9(7)12)8(13)5-14/h6-9,14H,4-5H2,1-3H3/t6-,7-,8+,9-/m1/s1. The van der Waals surface area contributed by atoms with E-state index < -0.39 is 29.9 Å². The van der Waals surface area contributed by atoms with E-state index in [1.54, 1.807) is 20.8 Å². The van der Waals surface area contributed by atoms with Crippen LogP contribution in [0.3, 0.4) is 0 Å². The topological polar surface area (TPSA) is 49.8 Å². The Hall–Kier alpha value is -0.840. The minimum absolute atomic E-state index is 0.194. The average Bonchev–Trinajstić information content (AvgIpc) is 2.65. The molecule has 5 heteroatoms. The fourth-order valence-corrected chi connectivity index (χ4v) is 2.53. The van der Waals surface area contributed by atoms with E-state index in [9.17, 15) is 14.3 Å². The van der Waals surface area contributed by atoms with Gasteiger partial charge in [-0.2, -0.15) is 0 Å². The number of carbonyl (C=O) groups excluding carboxylic acids is 1. The van der Waals surface area contributed by atoms with E-state index in [4.69, 9.17) is 4.74 Å². The van der Waals surface area contributed by atoms with E-state index >= 15 is 0 Å². The molecular weight excluding hydrogens is 213 g/mol. The third-order valence-electron chi connectivity index (χ3n) is 3.29. The highest BCUT2D eigenvalue weighted by Crippen LogP contribution is 2.48. The Kier molecular flexibility index (Phi) is 2.61. The molecular formula is C11H18FNO3. The number of aliphatic hydroxyl groups is 1. The molecule has 2 saturated heterocycles. The van der Waals surface area contributed by atoms with Gasteiger partial charge in [0.25, 0.3) is 0 Å². The van der Waals surface area contributed by atoms with Crippen LogP contribution in [0.15, 0.2) is 0 Å². The van der Waals surface area contributed by atoms with Gasteiger partial charge in [0.1, 0.15) is 11.8 Å². The number of aliphatic hydroxyl groups excluding tert-OH is 1. The second-order valence-electron chi connectivity index (χ2n) is 5.55. The van der Waals surface area contributed by atoms with Crippen molar-refractivity contribution in [1.82, 2.24) is 4.90 Å². The van der Waals surface area contributed by atoms with Gasteiger partial charge >= 0.3 is 6.09 Å². The smallest absolute Gasteiger partial charge is 0.410 e. The number of fused-ring (bicyclic) bond motifs is 1. The van der Waals surface area contributed by atoms with Gasteiger partial charge in [0.15, 0.2) is 0 Å². The summed E-state index contributed by atoms with van der Waals surface area (Å²) in [5.74, 6) is -0.206. The Morgan fingerprint density at radius 2 is 2.19 bits per heavy atom. The number of hydrogen-bond donors (Lipinski definition) is 1. The number of nitrogens with zero attached hydrogens (tertiary/aromatic N) is 1. The summed E-state index contributed by atoms with van der Waals surface area (Å²) in [6, 6.07) is -0.799. The Labute approximate surface area is 94.4 Å². The molecule has 16 heavy (non-hydrogen) atoms. The second-order valence-corrected chi connectivity index (χ2v) is 5.55. The van der Waals surface area contributed by atoms with Gasteiger partial charge in [-0.25, -0.2) is 9.18 Å². The molecule has 1 amide bonds. The molecule has 1 N–H and O–H groups in total. The van der Waals surface area contributed by atoms with Gasteiger partial charge in [-0.05, 0) is 27.2 Å². The fourth-order valence-electron chi connectivity index (χ4n) is 2.53. The number of hydrogen-bond acceptors (Lipinski definition) is 3. The molecule has 2 heterocycles. The van der Waals surface area contributed by atoms with Crippen molar-refractivity contribution in [2.45, 2.75) is 51.0 Å². The van der Waals surface area contributed by atoms with E-state index in [1.807, 2.05) is 0 Å². The van der Waals surface area contributed by atoms with Crippen molar-refractivity contribution in [3.8, 4) is 0 Å². The summed E-state index contributed by atoms with van der Waals surface area (Å²) in [4.78, 5) is 13.2. The monoisotopic (exact) mass is 231 g/mol. The van der Waals surface area contributed by atoms with Gasteiger partial charge in [-0.3, -0.25) is 4.90 Å². The van der Waals surface area contributed by atoms with Crippen LogP contribution in [0.1, 0.15) is 27.2 Å². The molecule has 0 radical (unpaired) electrons. The molecule has 92 valence electrons. The van der Waals surface area contributed by atoms with Crippen LogP contribution in [0.2, 0.25) is 0 Å². The van der Waals surface area contributed by atoms with Crippen LogP contribution in [0.25, 0.3) is 0 Å². The van der Waals surface area contributed by atoms with Crippen molar-refractivity contribution in [1.29, 1.82) is 0 Å². The van der Waals surface area contributed by atoms with Crippen LogP contribution in [0.5, 0.6) is 0 Å². The summed E-state index contributed by atoms with van der Waals surface area (Å²) in [6.45, 7) is 5.12. The Bertz CT molecular complexity index is 302. The van der Waals surface area contributed by atoms with Crippen molar-refractivity contribution >= 4 is 6.09 Å². The number of ether oxygens (including phenoxy) is 1. The largest absolute Gasteiger partial charge is 0.444 e. The summed E-state index contributed by atoms with van der Waals surface area (Å²) >= 11 is 0.